The minimum absolute atomic E-state index is 0.0588. The average molecular weight is 366 g/mol. The molecule has 2 aromatic heterocycles. The molecule has 1 aromatic carbocycles. The van der Waals surface area contributed by atoms with Gasteiger partial charge in [-0.05, 0) is 37.6 Å². The molecular weight excluding hydrogens is 344 g/mol. The highest BCUT2D eigenvalue weighted by atomic mass is 16.6. The zero-order chi connectivity index (χ0) is 19.1. The van der Waals surface area contributed by atoms with E-state index in [1.807, 2.05) is 45.2 Å². The Hall–Kier alpha value is -3.09. The Bertz CT molecular complexity index is 1040. The summed E-state index contributed by atoms with van der Waals surface area (Å²) in [5.41, 5.74) is 3.93. The molecule has 4 rings (SSSR count). The van der Waals surface area contributed by atoms with Crippen molar-refractivity contribution in [2.45, 2.75) is 20.4 Å². The zero-order valence-corrected chi connectivity index (χ0v) is 15.9. The molecule has 0 fully saturated rings. The van der Waals surface area contributed by atoms with Crippen LogP contribution in [0.1, 0.15) is 27.3 Å². The summed E-state index contributed by atoms with van der Waals surface area (Å²) in [6.07, 6.45) is 0. The molecule has 1 aliphatic rings. The molecule has 27 heavy (non-hydrogen) atoms. The van der Waals surface area contributed by atoms with Crippen molar-refractivity contribution in [2.24, 2.45) is 7.05 Å². The molecule has 3 aromatic rings. The van der Waals surface area contributed by atoms with E-state index in [0.717, 1.165) is 39.5 Å². The van der Waals surface area contributed by atoms with Gasteiger partial charge in [0.1, 0.15) is 13.2 Å². The molecule has 7 nitrogen and oxygen atoms in total. The van der Waals surface area contributed by atoms with Gasteiger partial charge < -0.3 is 14.4 Å². The third-order valence-corrected chi connectivity index (χ3v) is 4.70. The number of pyridine rings is 1. The van der Waals surface area contributed by atoms with E-state index in [1.165, 1.54) is 0 Å². The molecule has 3 heterocycles. The number of carbonyl (C=O) groups is 1. The molecule has 140 valence electrons. The largest absolute Gasteiger partial charge is 0.486 e. The number of aromatic nitrogens is 3. The number of benzene rings is 1. The molecule has 1 aliphatic heterocycles. The van der Waals surface area contributed by atoms with E-state index >= 15 is 0 Å². The first kappa shape index (κ1) is 17.3. The second kappa shape index (κ2) is 6.57. The van der Waals surface area contributed by atoms with E-state index in [2.05, 4.69) is 10.1 Å². The minimum Gasteiger partial charge on any atom is -0.486 e. The van der Waals surface area contributed by atoms with Gasteiger partial charge >= 0.3 is 0 Å². The maximum absolute atomic E-state index is 13.2. The Labute approximate surface area is 157 Å². The lowest BCUT2D eigenvalue weighted by Gasteiger charge is -2.21. The van der Waals surface area contributed by atoms with Crippen LogP contribution >= 0.6 is 0 Å². The van der Waals surface area contributed by atoms with Crippen molar-refractivity contribution < 1.29 is 14.3 Å². The zero-order valence-electron chi connectivity index (χ0n) is 15.9. The lowest BCUT2D eigenvalue weighted by Crippen LogP contribution is -2.27. The van der Waals surface area contributed by atoms with Crippen LogP contribution in [0.15, 0.2) is 24.3 Å². The summed E-state index contributed by atoms with van der Waals surface area (Å²) in [4.78, 5) is 19.4. The highest BCUT2D eigenvalue weighted by molar-refractivity contribution is 6.06. The first-order valence-electron chi connectivity index (χ1n) is 8.89. The van der Waals surface area contributed by atoms with Gasteiger partial charge in [-0.3, -0.25) is 9.48 Å². The summed E-state index contributed by atoms with van der Waals surface area (Å²) < 4.78 is 12.9. The number of rotatable bonds is 3. The van der Waals surface area contributed by atoms with Crippen molar-refractivity contribution >= 4 is 16.9 Å². The highest BCUT2D eigenvalue weighted by Crippen LogP contribution is 2.31. The Balaban J connectivity index is 1.64. The van der Waals surface area contributed by atoms with Crippen LogP contribution in [0.2, 0.25) is 0 Å². The summed E-state index contributed by atoms with van der Waals surface area (Å²) in [6, 6.07) is 7.61. The first-order valence-corrected chi connectivity index (χ1v) is 8.89. The Kier molecular flexibility index (Phi) is 4.22. The van der Waals surface area contributed by atoms with Crippen molar-refractivity contribution in [3.05, 3.63) is 46.8 Å². The van der Waals surface area contributed by atoms with Crippen LogP contribution in [0.4, 0.5) is 0 Å². The van der Waals surface area contributed by atoms with Crippen molar-refractivity contribution in [1.82, 2.24) is 19.7 Å². The van der Waals surface area contributed by atoms with E-state index < -0.39 is 0 Å². The number of carbonyl (C=O) groups excluding carboxylic acids is 1. The second-order valence-electron chi connectivity index (χ2n) is 6.86. The normalized spacial score (nSPS) is 13.0. The molecule has 0 unspecified atom stereocenters. The van der Waals surface area contributed by atoms with E-state index in [1.54, 1.807) is 16.6 Å². The van der Waals surface area contributed by atoms with Gasteiger partial charge in [0.25, 0.3) is 5.91 Å². The number of ether oxygens (including phenoxy) is 2. The SMILES string of the molecule is Cc1cc(C(=O)N(C)Cc2ccc3c(c2)OCCO3)c2c(C)nn(C)c2n1. The summed E-state index contributed by atoms with van der Waals surface area (Å²) in [5.74, 6) is 1.41. The maximum Gasteiger partial charge on any atom is 0.254 e. The molecule has 0 bridgehead atoms. The van der Waals surface area contributed by atoms with E-state index in [0.29, 0.717) is 25.3 Å². The minimum atomic E-state index is -0.0588. The van der Waals surface area contributed by atoms with Crippen LogP contribution in [-0.2, 0) is 13.6 Å². The summed E-state index contributed by atoms with van der Waals surface area (Å²) >= 11 is 0. The molecule has 0 spiro atoms. The summed E-state index contributed by atoms with van der Waals surface area (Å²) in [7, 11) is 3.64. The topological polar surface area (TPSA) is 69.5 Å². The van der Waals surface area contributed by atoms with Gasteiger partial charge in [0.2, 0.25) is 0 Å². The number of aryl methyl sites for hydroxylation is 3. The molecule has 0 aliphatic carbocycles. The molecule has 1 amide bonds. The van der Waals surface area contributed by atoms with Crippen LogP contribution in [0.3, 0.4) is 0 Å². The molecule has 0 saturated heterocycles. The van der Waals surface area contributed by atoms with E-state index in [4.69, 9.17) is 9.47 Å². The molecule has 7 heteroatoms. The lowest BCUT2D eigenvalue weighted by atomic mass is 10.1. The Morgan fingerprint density at radius 1 is 1.19 bits per heavy atom. The number of hydrogen-bond acceptors (Lipinski definition) is 5. The fourth-order valence-corrected chi connectivity index (χ4v) is 3.48. The molecule has 0 N–H and O–H groups in total. The highest BCUT2D eigenvalue weighted by Gasteiger charge is 2.21. The Morgan fingerprint density at radius 3 is 2.70 bits per heavy atom. The van der Waals surface area contributed by atoms with E-state index in [-0.39, 0.29) is 5.91 Å². The predicted molar refractivity (Wildman–Crippen MR) is 101 cm³/mol. The molecule has 0 saturated carbocycles. The van der Waals surface area contributed by atoms with Crippen LogP contribution in [0.5, 0.6) is 11.5 Å². The molecule has 0 radical (unpaired) electrons. The Morgan fingerprint density at radius 2 is 1.93 bits per heavy atom. The summed E-state index contributed by atoms with van der Waals surface area (Å²) in [6.45, 7) is 5.36. The van der Waals surface area contributed by atoms with Crippen molar-refractivity contribution in [2.75, 3.05) is 20.3 Å². The summed E-state index contributed by atoms with van der Waals surface area (Å²) in [5, 5.41) is 5.23. The number of nitrogens with zero attached hydrogens (tertiary/aromatic N) is 4. The third-order valence-electron chi connectivity index (χ3n) is 4.70. The van der Waals surface area contributed by atoms with Gasteiger partial charge in [0, 0.05) is 26.3 Å². The van der Waals surface area contributed by atoms with Crippen LogP contribution < -0.4 is 9.47 Å². The number of amides is 1. The quantitative estimate of drug-likeness (QED) is 0.713. The number of fused-ring (bicyclic) bond motifs is 2. The van der Waals surface area contributed by atoms with Gasteiger partial charge in [-0.15, -0.1) is 0 Å². The van der Waals surface area contributed by atoms with Gasteiger partial charge in [-0.2, -0.15) is 5.10 Å². The van der Waals surface area contributed by atoms with Crippen molar-refractivity contribution in [3.8, 4) is 11.5 Å². The third kappa shape index (κ3) is 3.09. The van der Waals surface area contributed by atoms with Gasteiger partial charge in [0.05, 0.1) is 16.6 Å². The lowest BCUT2D eigenvalue weighted by molar-refractivity contribution is 0.0786. The van der Waals surface area contributed by atoms with Gasteiger partial charge in [-0.1, -0.05) is 6.07 Å². The van der Waals surface area contributed by atoms with Crippen LogP contribution in [0, 0.1) is 13.8 Å². The van der Waals surface area contributed by atoms with Gasteiger partial charge in [-0.25, -0.2) is 4.98 Å². The fourth-order valence-electron chi connectivity index (χ4n) is 3.48. The predicted octanol–water partition coefficient (Wildman–Crippen LogP) is 2.63. The van der Waals surface area contributed by atoms with Crippen molar-refractivity contribution in [1.29, 1.82) is 0 Å². The smallest absolute Gasteiger partial charge is 0.254 e. The van der Waals surface area contributed by atoms with Crippen molar-refractivity contribution in [3.63, 3.8) is 0 Å². The monoisotopic (exact) mass is 366 g/mol. The van der Waals surface area contributed by atoms with Crippen LogP contribution in [0.25, 0.3) is 11.0 Å². The second-order valence-corrected chi connectivity index (χ2v) is 6.86. The van der Waals surface area contributed by atoms with Gasteiger partial charge in [0.15, 0.2) is 17.1 Å². The number of hydrogen-bond donors (Lipinski definition) is 0. The molecule has 0 atom stereocenters. The average Bonchev–Trinajstić information content (AvgIpc) is 2.94. The van der Waals surface area contributed by atoms with Crippen LogP contribution in [-0.4, -0.2) is 45.8 Å². The molecular formula is C20H22N4O3. The van der Waals surface area contributed by atoms with E-state index in [9.17, 15) is 4.79 Å². The maximum atomic E-state index is 13.2. The first-order chi connectivity index (χ1) is 12.9. The fraction of sp³-hybridized carbons (Fsp3) is 0.350. The standard InChI is InChI=1S/C20H22N4O3/c1-12-9-15(18-13(2)22-24(4)19(18)21-12)20(25)23(3)11-14-5-6-16-17(10-14)27-8-7-26-16/h5-6,9-10H,7-8,11H2,1-4H3.